The van der Waals surface area contributed by atoms with Crippen molar-refractivity contribution < 1.29 is 13.2 Å². The molecule has 0 atom stereocenters. The van der Waals surface area contributed by atoms with E-state index in [0.717, 1.165) is 31.7 Å². The number of aromatic nitrogens is 1. The fourth-order valence-electron chi connectivity index (χ4n) is 2.16. The van der Waals surface area contributed by atoms with E-state index in [0.29, 0.717) is 4.47 Å². The van der Waals surface area contributed by atoms with Crippen molar-refractivity contribution >= 4 is 33.3 Å². The summed E-state index contributed by atoms with van der Waals surface area (Å²) >= 11 is 8.99. The lowest BCUT2D eigenvalue weighted by molar-refractivity contribution is -0.137. The number of anilines is 1. The van der Waals surface area contributed by atoms with Gasteiger partial charge in [-0.1, -0.05) is 0 Å². The lowest BCUT2D eigenvalue weighted by atomic mass is 9.95. The summed E-state index contributed by atoms with van der Waals surface area (Å²) in [6, 6.07) is 1.05. The summed E-state index contributed by atoms with van der Waals surface area (Å²) in [5.74, 6) is -0.103. The van der Waals surface area contributed by atoms with Gasteiger partial charge in [0.1, 0.15) is 5.82 Å². The molecule has 2 nitrogen and oxygen atoms in total. The first-order valence-electron chi connectivity index (χ1n) is 5.99. The van der Waals surface area contributed by atoms with E-state index in [2.05, 4.69) is 26.2 Å². The summed E-state index contributed by atoms with van der Waals surface area (Å²) in [6.45, 7) is 0. The molecule has 1 heterocycles. The summed E-state index contributed by atoms with van der Waals surface area (Å²) in [5, 5.41) is 3.03. The highest BCUT2D eigenvalue weighted by Gasteiger charge is 2.35. The van der Waals surface area contributed by atoms with Crippen LogP contribution in [0.1, 0.15) is 31.2 Å². The molecule has 7 heteroatoms. The average Bonchev–Trinajstić information content (AvgIpc) is 2.33. The molecule has 0 unspecified atom stereocenters. The monoisotopic (exact) mass is 356 g/mol. The number of pyridine rings is 1. The molecule has 1 aromatic heterocycles. The minimum absolute atomic E-state index is 0.00442. The van der Waals surface area contributed by atoms with Crippen LogP contribution in [0.15, 0.2) is 16.7 Å². The van der Waals surface area contributed by atoms with Crippen LogP contribution in [0.4, 0.5) is 19.0 Å². The quantitative estimate of drug-likeness (QED) is 0.767. The molecule has 1 aromatic rings. The summed E-state index contributed by atoms with van der Waals surface area (Å²) in [7, 11) is 0. The van der Waals surface area contributed by atoms with Gasteiger partial charge in [-0.15, -0.1) is 11.6 Å². The minimum Gasteiger partial charge on any atom is -0.367 e. The van der Waals surface area contributed by atoms with Gasteiger partial charge in [0.05, 0.1) is 5.56 Å². The molecule has 1 aliphatic rings. The number of nitrogens with zero attached hydrogens (tertiary/aromatic N) is 1. The number of hydrogen-bond acceptors (Lipinski definition) is 2. The molecular formula is C12H13BrClF3N2. The summed E-state index contributed by atoms with van der Waals surface area (Å²) < 4.78 is 39.1. The average molecular weight is 358 g/mol. The van der Waals surface area contributed by atoms with Crippen LogP contribution in [0.25, 0.3) is 0 Å². The van der Waals surface area contributed by atoms with Crippen molar-refractivity contribution in [3.05, 3.63) is 22.3 Å². The highest BCUT2D eigenvalue weighted by Crippen LogP contribution is 2.36. The van der Waals surface area contributed by atoms with E-state index in [1.54, 1.807) is 0 Å². The number of hydrogen-bond donors (Lipinski definition) is 1. The van der Waals surface area contributed by atoms with E-state index in [1.807, 2.05) is 0 Å². The molecule has 2 rings (SSSR count). The SMILES string of the molecule is FC(F)(F)c1cc(Br)cnc1NC1CCC(Cl)CC1. The van der Waals surface area contributed by atoms with Gasteiger partial charge in [-0.3, -0.25) is 0 Å². The lowest BCUT2D eigenvalue weighted by Gasteiger charge is -2.27. The zero-order valence-corrected chi connectivity index (χ0v) is 12.3. The van der Waals surface area contributed by atoms with E-state index < -0.39 is 11.7 Å². The third-order valence-corrected chi connectivity index (χ3v) is 4.03. The maximum absolute atomic E-state index is 12.9. The van der Waals surface area contributed by atoms with Crippen LogP contribution in [-0.2, 0) is 6.18 Å². The smallest absolute Gasteiger partial charge is 0.367 e. The highest BCUT2D eigenvalue weighted by molar-refractivity contribution is 9.10. The largest absolute Gasteiger partial charge is 0.419 e. The molecule has 0 spiro atoms. The van der Waals surface area contributed by atoms with Crippen molar-refractivity contribution in [2.75, 3.05) is 5.32 Å². The lowest BCUT2D eigenvalue weighted by Crippen LogP contribution is -2.28. The standard InChI is InChI=1S/C12H13BrClF3N2/c13-7-5-10(12(15,16)17)11(18-6-7)19-9-3-1-8(14)2-4-9/h5-6,8-9H,1-4H2,(H,18,19). The first kappa shape index (κ1) is 14.9. The maximum Gasteiger partial charge on any atom is 0.419 e. The second-order valence-corrected chi connectivity index (χ2v) is 6.17. The summed E-state index contributed by atoms with van der Waals surface area (Å²) in [5.41, 5.74) is -0.741. The van der Waals surface area contributed by atoms with E-state index >= 15 is 0 Å². The molecule has 0 radical (unpaired) electrons. The fourth-order valence-corrected chi connectivity index (χ4v) is 2.74. The summed E-state index contributed by atoms with van der Waals surface area (Å²) in [6.07, 6.45) is 0.119. The molecule has 106 valence electrons. The van der Waals surface area contributed by atoms with Gasteiger partial charge in [0, 0.05) is 22.1 Å². The van der Waals surface area contributed by atoms with Crippen molar-refractivity contribution in [1.82, 2.24) is 4.98 Å². The van der Waals surface area contributed by atoms with Gasteiger partial charge in [0.15, 0.2) is 0 Å². The minimum atomic E-state index is -4.41. The zero-order chi connectivity index (χ0) is 14.0. The second kappa shape index (κ2) is 5.87. The van der Waals surface area contributed by atoms with Crippen LogP contribution < -0.4 is 5.32 Å². The van der Waals surface area contributed by atoms with Gasteiger partial charge >= 0.3 is 6.18 Å². The number of rotatable bonds is 2. The molecule has 0 amide bonds. The van der Waals surface area contributed by atoms with Gasteiger partial charge in [-0.05, 0) is 47.7 Å². The van der Waals surface area contributed by atoms with Gasteiger partial charge in [-0.2, -0.15) is 13.2 Å². The van der Waals surface area contributed by atoms with E-state index in [4.69, 9.17) is 11.6 Å². The Kier molecular flexibility index (Phi) is 4.61. The van der Waals surface area contributed by atoms with Crippen molar-refractivity contribution in [1.29, 1.82) is 0 Å². The number of nitrogens with one attached hydrogen (secondary N) is 1. The molecule has 0 aliphatic heterocycles. The first-order valence-corrected chi connectivity index (χ1v) is 7.22. The third kappa shape index (κ3) is 3.99. The Hall–Kier alpha value is -0.490. The maximum atomic E-state index is 12.9. The Morgan fingerprint density at radius 1 is 1.26 bits per heavy atom. The van der Waals surface area contributed by atoms with Gasteiger partial charge in [0.2, 0.25) is 0 Å². The molecule has 0 saturated heterocycles. The van der Waals surface area contributed by atoms with Crippen LogP contribution in [0.2, 0.25) is 0 Å². The Morgan fingerprint density at radius 2 is 1.89 bits per heavy atom. The third-order valence-electron chi connectivity index (χ3n) is 3.16. The van der Waals surface area contributed by atoms with Crippen LogP contribution in [0.5, 0.6) is 0 Å². The number of halogens is 5. The normalized spacial score (nSPS) is 24.3. The van der Waals surface area contributed by atoms with Gasteiger partial charge in [-0.25, -0.2) is 4.98 Å². The Morgan fingerprint density at radius 3 is 2.47 bits per heavy atom. The van der Waals surface area contributed by atoms with Gasteiger partial charge in [0.25, 0.3) is 0 Å². The van der Waals surface area contributed by atoms with E-state index in [-0.39, 0.29) is 17.2 Å². The first-order chi connectivity index (χ1) is 8.86. The van der Waals surface area contributed by atoms with Crippen molar-refractivity contribution in [2.45, 2.75) is 43.3 Å². The summed E-state index contributed by atoms with van der Waals surface area (Å²) in [4.78, 5) is 3.85. The highest BCUT2D eigenvalue weighted by atomic mass is 79.9. The molecule has 1 aliphatic carbocycles. The number of alkyl halides is 4. The van der Waals surface area contributed by atoms with E-state index in [9.17, 15) is 13.2 Å². The topological polar surface area (TPSA) is 24.9 Å². The van der Waals surface area contributed by atoms with Crippen LogP contribution in [-0.4, -0.2) is 16.4 Å². The van der Waals surface area contributed by atoms with Crippen molar-refractivity contribution in [2.24, 2.45) is 0 Å². The Labute approximate surface area is 122 Å². The Bertz CT molecular complexity index is 445. The van der Waals surface area contributed by atoms with Crippen molar-refractivity contribution in [3.8, 4) is 0 Å². The predicted octanol–water partition coefficient (Wildman–Crippen LogP) is 4.82. The van der Waals surface area contributed by atoms with Crippen LogP contribution in [0.3, 0.4) is 0 Å². The molecule has 1 N–H and O–H groups in total. The van der Waals surface area contributed by atoms with Gasteiger partial charge < -0.3 is 5.32 Å². The van der Waals surface area contributed by atoms with Crippen LogP contribution >= 0.6 is 27.5 Å². The van der Waals surface area contributed by atoms with E-state index in [1.165, 1.54) is 6.20 Å². The molecule has 0 bridgehead atoms. The molecule has 1 fully saturated rings. The molecular weight excluding hydrogens is 344 g/mol. The predicted molar refractivity (Wildman–Crippen MR) is 72.5 cm³/mol. The molecule has 0 aromatic carbocycles. The molecule has 19 heavy (non-hydrogen) atoms. The molecule has 1 saturated carbocycles. The fraction of sp³-hybridized carbons (Fsp3) is 0.583. The Balaban J connectivity index is 2.16. The van der Waals surface area contributed by atoms with Crippen molar-refractivity contribution in [3.63, 3.8) is 0 Å². The zero-order valence-electron chi connectivity index (χ0n) is 9.97. The second-order valence-electron chi connectivity index (χ2n) is 4.64. The van der Waals surface area contributed by atoms with Crippen LogP contribution in [0, 0.1) is 0 Å².